The summed E-state index contributed by atoms with van der Waals surface area (Å²) in [4.78, 5) is 6.87. The summed E-state index contributed by atoms with van der Waals surface area (Å²) in [6, 6.07) is 0.325. The maximum atomic E-state index is 4.57. The van der Waals surface area contributed by atoms with E-state index in [1.165, 1.54) is 22.0 Å². The van der Waals surface area contributed by atoms with Gasteiger partial charge in [-0.3, -0.25) is 10.00 Å². The topological polar surface area (TPSA) is 44.8 Å². The minimum atomic E-state index is 0.325. The van der Waals surface area contributed by atoms with Crippen LogP contribution >= 0.6 is 11.3 Å². The number of nitrogens with zero attached hydrogens (tertiary/aromatic N) is 3. The van der Waals surface area contributed by atoms with E-state index in [2.05, 4.69) is 53.3 Å². The van der Waals surface area contributed by atoms with Crippen molar-refractivity contribution in [3.05, 3.63) is 33.0 Å². The maximum absolute atomic E-state index is 4.57. The summed E-state index contributed by atoms with van der Waals surface area (Å²) in [5, 5.41) is 10.8. The van der Waals surface area contributed by atoms with Gasteiger partial charge >= 0.3 is 0 Å². The predicted molar refractivity (Wildman–Crippen MR) is 79.4 cm³/mol. The molecule has 0 fully saturated rings. The number of H-pyrrole nitrogens is 1. The number of aryl methyl sites for hydroxylation is 2. The third-order valence-electron chi connectivity index (χ3n) is 3.61. The highest BCUT2D eigenvalue weighted by Gasteiger charge is 2.17. The van der Waals surface area contributed by atoms with E-state index in [9.17, 15) is 0 Å². The molecule has 0 aromatic carbocycles. The molecule has 0 radical (unpaired) electrons. The number of rotatable bonds is 5. The van der Waals surface area contributed by atoms with Crippen molar-refractivity contribution in [2.24, 2.45) is 0 Å². The number of nitrogens with one attached hydrogen (secondary N) is 1. The Labute approximate surface area is 118 Å². The molecule has 0 bridgehead atoms. The minimum Gasteiger partial charge on any atom is -0.291 e. The molecule has 1 atom stereocenters. The van der Waals surface area contributed by atoms with Gasteiger partial charge < -0.3 is 0 Å². The summed E-state index contributed by atoms with van der Waals surface area (Å²) < 4.78 is 0. The van der Waals surface area contributed by atoms with Gasteiger partial charge in [-0.15, -0.1) is 11.3 Å². The van der Waals surface area contributed by atoms with Crippen LogP contribution in [0.5, 0.6) is 0 Å². The molecule has 104 valence electrons. The monoisotopic (exact) mass is 278 g/mol. The Kier molecular flexibility index (Phi) is 4.37. The molecule has 2 aromatic heterocycles. The second kappa shape index (κ2) is 5.84. The van der Waals surface area contributed by atoms with Gasteiger partial charge in [-0.2, -0.15) is 5.10 Å². The first-order valence-electron chi connectivity index (χ1n) is 6.67. The Morgan fingerprint density at radius 3 is 2.68 bits per heavy atom. The Hall–Kier alpha value is -1.20. The highest BCUT2D eigenvalue weighted by molar-refractivity contribution is 7.09. The molecular formula is C14H22N4S. The first-order chi connectivity index (χ1) is 9.02. The molecule has 1 unspecified atom stereocenters. The van der Waals surface area contributed by atoms with Crippen LogP contribution in [0.4, 0.5) is 0 Å². The van der Waals surface area contributed by atoms with Crippen molar-refractivity contribution in [3.63, 3.8) is 0 Å². The lowest BCUT2D eigenvalue weighted by Crippen LogP contribution is -2.22. The molecule has 0 spiro atoms. The van der Waals surface area contributed by atoms with Gasteiger partial charge in [-0.05, 0) is 39.8 Å². The molecule has 0 saturated carbocycles. The zero-order valence-corrected chi connectivity index (χ0v) is 13.1. The second-order valence-electron chi connectivity index (χ2n) is 5.05. The summed E-state index contributed by atoms with van der Waals surface area (Å²) in [6.07, 6.45) is 0.979. The quantitative estimate of drug-likeness (QED) is 0.913. The van der Waals surface area contributed by atoms with Crippen molar-refractivity contribution in [2.75, 3.05) is 7.05 Å². The number of hydrogen-bond donors (Lipinski definition) is 1. The van der Waals surface area contributed by atoms with Crippen LogP contribution < -0.4 is 0 Å². The zero-order valence-electron chi connectivity index (χ0n) is 12.3. The van der Waals surface area contributed by atoms with Crippen molar-refractivity contribution in [2.45, 2.75) is 46.7 Å². The van der Waals surface area contributed by atoms with Gasteiger partial charge in [-0.1, -0.05) is 6.92 Å². The van der Waals surface area contributed by atoms with Gasteiger partial charge in [0.05, 0.1) is 17.4 Å². The molecule has 2 aromatic rings. The first kappa shape index (κ1) is 14.2. The number of aromatic nitrogens is 3. The van der Waals surface area contributed by atoms with Crippen LogP contribution in [-0.4, -0.2) is 27.1 Å². The van der Waals surface area contributed by atoms with Crippen LogP contribution in [0.15, 0.2) is 5.38 Å². The Morgan fingerprint density at radius 2 is 2.16 bits per heavy atom. The van der Waals surface area contributed by atoms with E-state index in [0.29, 0.717) is 6.04 Å². The normalized spacial score (nSPS) is 13.2. The smallest absolute Gasteiger partial charge is 0.110 e. The average Bonchev–Trinajstić information content (AvgIpc) is 2.96. The third kappa shape index (κ3) is 3.04. The molecule has 1 N–H and O–H groups in total. The van der Waals surface area contributed by atoms with E-state index in [1.54, 1.807) is 11.3 Å². The third-order valence-corrected chi connectivity index (χ3v) is 4.74. The van der Waals surface area contributed by atoms with E-state index < -0.39 is 0 Å². The number of thiazole rings is 1. The number of hydrogen-bond acceptors (Lipinski definition) is 4. The summed E-state index contributed by atoms with van der Waals surface area (Å²) in [5.74, 6) is 0. The lowest BCUT2D eigenvalue weighted by Gasteiger charge is -2.22. The lowest BCUT2D eigenvalue weighted by molar-refractivity contribution is 0.249. The highest BCUT2D eigenvalue weighted by Crippen LogP contribution is 2.24. The van der Waals surface area contributed by atoms with Crippen LogP contribution in [0.3, 0.4) is 0 Å². The molecule has 0 amide bonds. The minimum absolute atomic E-state index is 0.325. The molecule has 0 aliphatic carbocycles. The Morgan fingerprint density at radius 1 is 1.42 bits per heavy atom. The Balaban J connectivity index is 2.08. The van der Waals surface area contributed by atoms with Crippen molar-refractivity contribution < 1.29 is 0 Å². The fourth-order valence-corrected chi connectivity index (χ4v) is 3.03. The highest BCUT2D eigenvalue weighted by atomic mass is 32.1. The average molecular weight is 278 g/mol. The van der Waals surface area contributed by atoms with Crippen molar-refractivity contribution in [1.82, 2.24) is 20.1 Å². The van der Waals surface area contributed by atoms with Crippen molar-refractivity contribution in [3.8, 4) is 0 Å². The molecule has 0 aliphatic heterocycles. The summed E-state index contributed by atoms with van der Waals surface area (Å²) in [6.45, 7) is 9.39. The molecule has 2 rings (SSSR count). The van der Waals surface area contributed by atoms with E-state index in [4.69, 9.17) is 0 Å². The fourth-order valence-electron chi connectivity index (χ4n) is 2.11. The van der Waals surface area contributed by atoms with Crippen LogP contribution in [0, 0.1) is 13.8 Å². The van der Waals surface area contributed by atoms with E-state index in [1.807, 2.05) is 6.92 Å². The predicted octanol–water partition coefficient (Wildman–Crippen LogP) is 3.24. The number of aromatic amines is 1. The van der Waals surface area contributed by atoms with Gasteiger partial charge in [-0.25, -0.2) is 4.98 Å². The summed E-state index contributed by atoms with van der Waals surface area (Å²) >= 11 is 1.73. The van der Waals surface area contributed by atoms with E-state index in [-0.39, 0.29) is 0 Å². The molecule has 5 heteroatoms. The molecule has 19 heavy (non-hydrogen) atoms. The van der Waals surface area contributed by atoms with Gasteiger partial charge in [0, 0.05) is 17.6 Å². The lowest BCUT2D eigenvalue weighted by atomic mass is 10.1. The van der Waals surface area contributed by atoms with E-state index >= 15 is 0 Å². The van der Waals surface area contributed by atoms with Crippen LogP contribution in [0.2, 0.25) is 0 Å². The van der Waals surface area contributed by atoms with Crippen molar-refractivity contribution >= 4 is 11.3 Å². The maximum Gasteiger partial charge on any atom is 0.110 e. The standard InChI is InChI=1S/C14H22N4S/c1-6-12-10(3)13(17-16-12)7-18(5)11(4)14-15-9(2)8-19-14/h8,11H,6-7H2,1-5H3,(H,16,17). The zero-order chi connectivity index (χ0) is 14.0. The molecule has 4 nitrogen and oxygen atoms in total. The van der Waals surface area contributed by atoms with Gasteiger partial charge in [0.15, 0.2) is 0 Å². The summed E-state index contributed by atoms with van der Waals surface area (Å²) in [7, 11) is 2.13. The van der Waals surface area contributed by atoms with Gasteiger partial charge in [0.25, 0.3) is 0 Å². The fraction of sp³-hybridized carbons (Fsp3) is 0.571. The molecule has 2 heterocycles. The molecule has 0 saturated heterocycles. The van der Waals surface area contributed by atoms with Crippen LogP contribution in [0.1, 0.15) is 47.5 Å². The van der Waals surface area contributed by atoms with Crippen LogP contribution in [0.25, 0.3) is 0 Å². The van der Waals surface area contributed by atoms with Gasteiger partial charge in [0.1, 0.15) is 5.01 Å². The Bertz CT molecular complexity index is 543. The second-order valence-corrected chi connectivity index (χ2v) is 5.94. The molecule has 0 aliphatic rings. The van der Waals surface area contributed by atoms with E-state index in [0.717, 1.165) is 18.7 Å². The SMILES string of the molecule is CCc1n[nH]c(CN(C)C(C)c2nc(C)cs2)c1C. The van der Waals surface area contributed by atoms with Crippen molar-refractivity contribution in [1.29, 1.82) is 0 Å². The molecular weight excluding hydrogens is 256 g/mol. The van der Waals surface area contributed by atoms with Crippen LogP contribution in [-0.2, 0) is 13.0 Å². The largest absolute Gasteiger partial charge is 0.291 e. The summed E-state index contributed by atoms with van der Waals surface area (Å²) in [5.41, 5.74) is 4.77. The first-order valence-corrected chi connectivity index (χ1v) is 7.55. The van der Waals surface area contributed by atoms with Gasteiger partial charge in [0.2, 0.25) is 0 Å².